The zero-order valence-electron chi connectivity index (χ0n) is 24.9. The molecule has 0 unspecified atom stereocenters. The van der Waals surface area contributed by atoms with Gasteiger partial charge in [-0.3, -0.25) is 0 Å². The van der Waals surface area contributed by atoms with Crippen LogP contribution < -0.4 is 0 Å². The summed E-state index contributed by atoms with van der Waals surface area (Å²) in [5, 5.41) is 0. The van der Waals surface area contributed by atoms with Gasteiger partial charge in [0, 0.05) is 5.41 Å². The molecule has 5 fully saturated rings. The predicted octanol–water partition coefficient (Wildman–Crippen LogP) is 8.71. The third-order valence-electron chi connectivity index (χ3n) is 13.3. The summed E-state index contributed by atoms with van der Waals surface area (Å²) in [6.07, 6.45) is 13.2. The first-order valence-corrected chi connectivity index (χ1v) is 16.0. The Balaban J connectivity index is 1.13. The van der Waals surface area contributed by atoms with Crippen molar-refractivity contribution in [1.29, 1.82) is 0 Å². The standard InChI is InChI=1S/C35H52O3/c1-22(2)23(3)12-13-24(4)30-21-31-35(38-31)29-15-14-26-20-27(37-32(36)25-10-8-7-9-11-25)16-18-33(26,5)28(29)17-19-34(30,35)6/h7-11,22-24,26-31H,12-21H2,1-6H3/t23-,24+,26-,27+,28+,29+,30-,31-,33-,34+,35-/m0/s1. The van der Waals surface area contributed by atoms with Crippen LogP contribution in [-0.4, -0.2) is 23.8 Å². The van der Waals surface area contributed by atoms with Gasteiger partial charge in [-0.15, -0.1) is 0 Å². The highest BCUT2D eigenvalue weighted by Crippen LogP contribution is 2.77. The summed E-state index contributed by atoms with van der Waals surface area (Å²) in [7, 11) is 0. The summed E-state index contributed by atoms with van der Waals surface area (Å²) in [6.45, 7) is 15.0. The zero-order chi connectivity index (χ0) is 26.9. The van der Waals surface area contributed by atoms with Crippen molar-refractivity contribution in [1.82, 2.24) is 0 Å². The van der Waals surface area contributed by atoms with E-state index in [0.29, 0.717) is 28.4 Å². The molecular weight excluding hydrogens is 468 g/mol. The number of benzene rings is 1. The number of hydrogen-bond acceptors (Lipinski definition) is 3. The fourth-order valence-corrected chi connectivity index (χ4v) is 10.5. The molecule has 210 valence electrons. The van der Waals surface area contributed by atoms with Crippen molar-refractivity contribution in [2.45, 2.75) is 124 Å². The van der Waals surface area contributed by atoms with Crippen LogP contribution in [0.5, 0.6) is 0 Å². The van der Waals surface area contributed by atoms with Crippen LogP contribution in [0.2, 0.25) is 0 Å². The van der Waals surface area contributed by atoms with E-state index in [9.17, 15) is 4.79 Å². The maximum atomic E-state index is 12.8. The molecule has 1 saturated heterocycles. The van der Waals surface area contributed by atoms with Gasteiger partial charge in [0.2, 0.25) is 0 Å². The number of esters is 1. The Morgan fingerprint density at radius 3 is 2.45 bits per heavy atom. The molecule has 0 bridgehead atoms. The number of fused-ring (bicyclic) bond motifs is 3. The molecule has 3 heteroatoms. The van der Waals surface area contributed by atoms with Gasteiger partial charge in [-0.25, -0.2) is 4.79 Å². The van der Waals surface area contributed by atoms with Crippen LogP contribution >= 0.6 is 0 Å². The van der Waals surface area contributed by atoms with E-state index in [4.69, 9.17) is 9.47 Å². The van der Waals surface area contributed by atoms with Gasteiger partial charge < -0.3 is 9.47 Å². The van der Waals surface area contributed by atoms with Crippen molar-refractivity contribution in [2.24, 2.45) is 52.3 Å². The van der Waals surface area contributed by atoms with Crippen molar-refractivity contribution in [3.05, 3.63) is 35.9 Å². The van der Waals surface area contributed by atoms with E-state index in [0.717, 1.165) is 48.3 Å². The number of rotatable bonds is 7. The van der Waals surface area contributed by atoms with Crippen LogP contribution in [0.15, 0.2) is 30.3 Å². The van der Waals surface area contributed by atoms with E-state index in [1.807, 2.05) is 30.3 Å². The highest BCUT2D eigenvalue weighted by atomic mass is 16.6. The molecular formula is C35H52O3. The Labute approximate surface area is 231 Å². The predicted molar refractivity (Wildman–Crippen MR) is 153 cm³/mol. The van der Waals surface area contributed by atoms with E-state index in [-0.39, 0.29) is 17.7 Å². The first-order valence-electron chi connectivity index (χ1n) is 16.0. The van der Waals surface area contributed by atoms with Gasteiger partial charge in [-0.2, -0.15) is 0 Å². The summed E-state index contributed by atoms with van der Waals surface area (Å²) < 4.78 is 12.9. The average Bonchev–Trinajstić information content (AvgIpc) is 3.57. The molecule has 0 aromatic heterocycles. The highest BCUT2D eigenvalue weighted by molar-refractivity contribution is 5.89. The largest absolute Gasteiger partial charge is 0.459 e. The van der Waals surface area contributed by atoms with E-state index in [1.54, 1.807) is 0 Å². The summed E-state index contributed by atoms with van der Waals surface area (Å²) in [4.78, 5) is 12.8. The monoisotopic (exact) mass is 520 g/mol. The minimum atomic E-state index is -0.150. The summed E-state index contributed by atoms with van der Waals surface area (Å²) in [5.41, 5.74) is 1.55. The molecule has 1 aliphatic heterocycles. The molecule has 11 atom stereocenters. The average molecular weight is 521 g/mol. The molecule has 3 nitrogen and oxygen atoms in total. The third kappa shape index (κ3) is 4.03. The van der Waals surface area contributed by atoms with Gasteiger partial charge in [0.1, 0.15) is 11.7 Å². The van der Waals surface area contributed by atoms with Gasteiger partial charge in [-0.1, -0.05) is 72.6 Å². The first-order chi connectivity index (χ1) is 18.1. The molecule has 4 aliphatic carbocycles. The van der Waals surface area contributed by atoms with Crippen LogP contribution in [0.25, 0.3) is 0 Å². The lowest BCUT2D eigenvalue weighted by Crippen LogP contribution is -2.59. The number of epoxide rings is 1. The maximum Gasteiger partial charge on any atom is 0.338 e. The molecule has 6 rings (SSSR count). The van der Waals surface area contributed by atoms with Crippen molar-refractivity contribution in [3.8, 4) is 0 Å². The van der Waals surface area contributed by atoms with Gasteiger partial charge >= 0.3 is 5.97 Å². The topological polar surface area (TPSA) is 38.8 Å². The Bertz CT molecular complexity index is 1020. The Kier molecular flexibility index (Phi) is 6.81. The van der Waals surface area contributed by atoms with Crippen LogP contribution in [0.4, 0.5) is 0 Å². The first kappa shape index (κ1) is 26.9. The third-order valence-corrected chi connectivity index (χ3v) is 13.3. The summed E-state index contributed by atoms with van der Waals surface area (Å²) in [5.74, 6) is 5.23. The van der Waals surface area contributed by atoms with E-state index in [2.05, 4.69) is 41.5 Å². The smallest absolute Gasteiger partial charge is 0.338 e. The molecule has 0 radical (unpaired) electrons. The second-order valence-electron chi connectivity index (χ2n) is 15.1. The van der Waals surface area contributed by atoms with Crippen LogP contribution in [-0.2, 0) is 9.47 Å². The molecule has 38 heavy (non-hydrogen) atoms. The second-order valence-corrected chi connectivity index (χ2v) is 15.1. The van der Waals surface area contributed by atoms with Crippen molar-refractivity contribution in [2.75, 3.05) is 0 Å². The van der Waals surface area contributed by atoms with Gasteiger partial charge in [-0.05, 0) is 110 Å². The molecule has 0 N–H and O–H groups in total. The normalized spacial score (nSPS) is 44.8. The minimum Gasteiger partial charge on any atom is -0.459 e. The molecule has 5 aliphatic rings. The lowest BCUT2D eigenvalue weighted by atomic mass is 9.44. The maximum absolute atomic E-state index is 12.8. The van der Waals surface area contributed by atoms with Gasteiger partial charge in [0.25, 0.3) is 0 Å². The van der Waals surface area contributed by atoms with Crippen LogP contribution in [0, 0.1) is 52.3 Å². The minimum absolute atomic E-state index is 0.0687. The number of ether oxygens (including phenoxy) is 2. The van der Waals surface area contributed by atoms with Gasteiger partial charge in [0.05, 0.1) is 11.7 Å². The summed E-state index contributed by atoms with van der Waals surface area (Å²) >= 11 is 0. The van der Waals surface area contributed by atoms with Crippen LogP contribution in [0.1, 0.15) is 116 Å². The quantitative estimate of drug-likeness (QED) is 0.266. The SMILES string of the molecule is CC(C)[C@@H](C)CC[C@@H](C)[C@@H]1C[C@@H]2O[C@@]23[C@@H]2CC[C@H]4C[C@H](OC(=O)c5ccccc5)CC[C@]4(C)[C@@H]2CC[C@]13C. The summed E-state index contributed by atoms with van der Waals surface area (Å²) in [6, 6.07) is 9.52. The highest BCUT2D eigenvalue weighted by Gasteiger charge is 2.80. The number of carbonyl (C=O) groups excluding carboxylic acids is 1. The second kappa shape index (κ2) is 9.64. The Morgan fingerprint density at radius 1 is 0.947 bits per heavy atom. The van der Waals surface area contributed by atoms with E-state index < -0.39 is 0 Å². The Morgan fingerprint density at radius 2 is 1.71 bits per heavy atom. The molecule has 1 aromatic rings. The van der Waals surface area contributed by atoms with Crippen molar-refractivity contribution in [3.63, 3.8) is 0 Å². The lowest BCUT2D eigenvalue weighted by Gasteiger charge is -2.61. The van der Waals surface area contributed by atoms with E-state index in [1.165, 1.54) is 51.4 Å². The molecule has 0 amide bonds. The molecule has 4 saturated carbocycles. The number of carbonyl (C=O) groups is 1. The Hall–Kier alpha value is -1.35. The fourth-order valence-electron chi connectivity index (χ4n) is 10.5. The molecule has 1 heterocycles. The van der Waals surface area contributed by atoms with Crippen molar-refractivity contribution < 1.29 is 14.3 Å². The van der Waals surface area contributed by atoms with Crippen molar-refractivity contribution >= 4 is 5.97 Å². The zero-order valence-corrected chi connectivity index (χ0v) is 24.9. The molecule has 1 spiro atoms. The van der Waals surface area contributed by atoms with Crippen LogP contribution in [0.3, 0.4) is 0 Å². The fraction of sp³-hybridized carbons (Fsp3) is 0.800. The molecule has 1 aromatic carbocycles. The van der Waals surface area contributed by atoms with E-state index >= 15 is 0 Å². The van der Waals surface area contributed by atoms with Gasteiger partial charge in [0.15, 0.2) is 0 Å². The number of hydrogen-bond donors (Lipinski definition) is 0. The lowest BCUT2D eigenvalue weighted by molar-refractivity contribution is -0.150.